The highest BCUT2D eigenvalue weighted by Crippen LogP contribution is 2.55. The van der Waals surface area contributed by atoms with Crippen LogP contribution in [0.1, 0.15) is 62.7 Å². The highest BCUT2D eigenvalue weighted by Gasteiger charge is 2.53. The van der Waals surface area contributed by atoms with E-state index in [2.05, 4.69) is 34.4 Å². The van der Waals surface area contributed by atoms with Gasteiger partial charge in [-0.3, -0.25) is 14.6 Å². The van der Waals surface area contributed by atoms with Crippen molar-refractivity contribution in [2.45, 2.75) is 65.1 Å². The van der Waals surface area contributed by atoms with Gasteiger partial charge in [0.05, 0.1) is 25.1 Å². The topological polar surface area (TPSA) is 117 Å². The smallest absolute Gasteiger partial charge is 0.271 e. The lowest BCUT2D eigenvalue weighted by Gasteiger charge is -2.56. The van der Waals surface area contributed by atoms with Crippen LogP contribution in [-0.2, 0) is 11.3 Å². The number of nitrogens with one attached hydrogen (secondary N) is 2. The normalized spacial score (nSPS) is 32.4. The van der Waals surface area contributed by atoms with Crippen molar-refractivity contribution in [3.05, 3.63) is 48.4 Å². The van der Waals surface area contributed by atoms with Crippen molar-refractivity contribution in [2.24, 2.45) is 29.1 Å². The molecule has 2 aliphatic carbocycles. The van der Waals surface area contributed by atoms with E-state index in [9.17, 15) is 14.7 Å². The number of rotatable bonds is 6. The molecule has 2 aromatic heterocycles. The van der Waals surface area contributed by atoms with Crippen molar-refractivity contribution in [1.29, 1.82) is 0 Å². The minimum Gasteiger partial charge on any atom is -0.467 e. The lowest BCUT2D eigenvalue weighted by molar-refractivity contribution is -0.142. The van der Waals surface area contributed by atoms with Crippen LogP contribution >= 0.6 is 0 Å². The third-order valence-electron chi connectivity index (χ3n) is 8.07. The van der Waals surface area contributed by atoms with Gasteiger partial charge in [0, 0.05) is 24.4 Å². The van der Waals surface area contributed by atoms with Crippen LogP contribution < -0.4 is 10.6 Å². The molecule has 0 aliphatic heterocycles. The second-order valence-corrected chi connectivity index (χ2v) is 10.0. The molecule has 2 aromatic rings. The summed E-state index contributed by atoms with van der Waals surface area (Å²) in [6.45, 7) is 6.59. The SMILES string of the molecule is C[C@H]1[C@@H]2[C@@H](O)[C@@H]([C@H](C)C(=O)NCc3ccco3)CC[C@@]2(C)CC[C@@H]1NC(=O)c1cnccn1. The van der Waals surface area contributed by atoms with E-state index in [0.29, 0.717) is 18.0 Å². The monoisotopic (exact) mass is 454 g/mol. The molecule has 7 atom stereocenters. The minimum atomic E-state index is -0.612. The van der Waals surface area contributed by atoms with Gasteiger partial charge in [-0.1, -0.05) is 20.8 Å². The van der Waals surface area contributed by atoms with E-state index < -0.39 is 6.10 Å². The molecular weight excluding hydrogens is 420 g/mol. The van der Waals surface area contributed by atoms with Crippen LogP contribution in [0.25, 0.3) is 0 Å². The van der Waals surface area contributed by atoms with Gasteiger partial charge in [-0.15, -0.1) is 0 Å². The maximum atomic E-state index is 12.8. The molecule has 0 unspecified atom stereocenters. The predicted molar refractivity (Wildman–Crippen MR) is 122 cm³/mol. The Labute approximate surface area is 194 Å². The molecule has 2 amide bonds. The summed E-state index contributed by atoms with van der Waals surface area (Å²) in [4.78, 5) is 33.6. The number of aromatic nitrogens is 2. The zero-order chi connectivity index (χ0) is 23.6. The maximum Gasteiger partial charge on any atom is 0.271 e. The highest BCUT2D eigenvalue weighted by molar-refractivity contribution is 5.92. The maximum absolute atomic E-state index is 12.8. The summed E-state index contributed by atoms with van der Waals surface area (Å²) in [5.74, 6) is 0.0110. The number of nitrogens with zero attached hydrogens (tertiary/aromatic N) is 2. The van der Waals surface area contributed by atoms with Crippen LogP contribution in [0.5, 0.6) is 0 Å². The summed E-state index contributed by atoms with van der Waals surface area (Å²) in [7, 11) is 0. The van der Waals surface area contributed by atoms with Crippen molar-refractivity contribution >= 4 is 11.8 Å². The fraction of sp³-hybridized carbons (Fsp3) is 0.600. The van der Waals surface area contributed by atoms with Gasteiger partial charge in [0.2, 0.25) is 5.91 Å². The zero-order valence-corrected chi connectivity index (χ0v) is 19.5. The van der Waals surface area contributed by atoms with E-state index >= 15 is 0 Å². The lowest BCUT2D eigenvalue weighted by Crippen LogP contribution is -2.58. The summed E-state index contributed by atoms with van der Waals surface area (Å²) in [5.41, 5.74) is 0.287. The molecule has 0 aromatic carbocycles. The Kier molecular flexibility index (Phi) is 6.83. The van der Waals surface area contributed by atoms with Crippen molar-refractivity contribution in [3.8, 4) is 0 Å². The van der Waals surface area contributed by atoms with Gasteiger partial charge in [0.15, 0.2) is 0 Å². The third kappa shape index (κ3) is 4.81. The number of amides is 2. The Morgan fingerprint density at radius 3 is 2.79 bits per heavy atom. The average molecular weight is 455 g/mol. The first-order valence-corrected chi connectivity index (χ1v) is 11.8. The molecule has 2 heterocycles. The molecular formula is C25H34N4O4. The molecule has 2 fully saturated rings. The Bertz CT molecular complexity index is 951. The number of carbonyl (C=O) groups excluding carboxylic acids is 2. The number of hydrogen-bond donors (Lipinski definition) is 3. The van der Waals surface area contributed by atoms with E-state index in [0.717, 1.165) is 25.7 Å². The van der Waals surface area contributed by atoms with Crippen LogP contribution in [0.15, 0.2) is 41.4 Å². The lowest BCUT2D eigenvalue weighted by atomic mass is 9.51. The van der Waals surface area contributed by atoms with Gasteiger partial charge in [0.1, 0.15) is 11.5 Å². The average Bonchev–Trinajstić information content (AvgIpc) is 3.33. The number of carbonyl (C=O) groups is 2. The number of hydrogen-bond acceptors (Lipinski definition) is 6. The summed E-state index contributed by atoms with van der Waals surface area (Å²) < 4.78 is 5.30. The van der Waals surface area contributed by atoms with Crippen molar-refractivity contribution < 1.29 is 19.1 Å². The van der Waals surface area contributed by atoms with Crippen LogP contribution in [0.3, 0.4) is 0 Å². The molecule has 8 nitrogen and oxygen atoms in total. The van der Waals surface area contributed by atoms with E-state index in [-0.39, 0.29) is 46.9 Å². The van der Waals surface area contributed by atoms with Gasteiger partial charge in [-0.2, -0.15) is 0 Å². The number of furan rings is 1. The summed E-state index contributed by atoms with van der Waals surface area (Å²) in [6, 6.07) is 3.56. The number of fused-ring (bicyclic) bond motifs is 1. The Morgan fingerprint density at radius 1 is 1.30 bits per heavy atom. The molecule has 4 rings (SSSR count). The van der Waals surface area contributed by atoms with E-state index in [1.807, 2.05) is 13.0 Å². The first kappa shape index (κ1) is 23.4. The fourth-order valence-electron chi connectivity index (χ4n) is 6.10. The molecule has 3 N–H and O–H groups in total. The van der Waals surface area contributed by atoms with Crippen LogP contribution in [0.4, 0.5) is 0 Å². The van der Waals surface area contributed by atoms with Gasteiger partial charge in [0.25, 0.3) is 5.91 Å². The third-order valence-corrected chi connectivity index (χ3v) is 8.07. The molecule has 2 aliphatic rings. The van der Waals surface area contributed by atoms with Gasteiger partial charge >= 0.3 is 0 Å². The predicted octanol–water partition coefficient (Wildman–Crippen LogP) is 2.94. The molecule has 0 spiro atoms. The molecule has 0 saturated heterocycles. The minimum absolute atomic E-state index is 0.00233. The van der Waals surface area contributed by atoms with Crippen molar-refractivity contribution in [3.63, 3.8) is 0 Å². The van der Waals surface area contributed by atoms with E-state index in [1.54, 1.807) is 12.3 Å². The first-order valence-electron chi connectivity index (χ1n) is 11.8. The van der Waals surface area contributed by atoms with Gasteiger partial charge < -0.3 is 20.2 Å². The Balaban J connectivity index is 1.43. The molecule has 8 heteroatoms. The Morgan fingerprint density at radius 2 is 2.09 bits per heavy atom. The first-order chi connectivity index (χ1) is 15.8. The molecule has 0 bridgehead atoms. The summed E-state index contributed by atoms with van der Waals surface area (Å²) >= 11 is 0. The fourth-order valence-corrected chi connectivity index (χ4v) is 6.10. The molecule has 33 heavy (non-hydrogen) atoms. The second kappa shape index (κ2) is 9.63. The van der Waals surface area contributed by atoms with Crippen LogP contribution in [-0.4, -0.2) is 39.0 Å². The van der Waals surface area contributed by atoms with E-state index in [4.69, 9.17) is 4.42 Å². The largest absolute Gasteiger partial charge is 0.467 e. The molecule has 178 valence electrons. The van der Waals surface area contributed by atoms with Crippen molar-refractivity contribution in [1.82, 2.24) is 20.6 Å². The van der Waals surface area contributed by atoms with Gasteiger partial charge in [-0.05, 0) is 61.0 Å². The van der Waals surface area contributed by atoms with Crippen molar-refractivity contribution in [2.75, 3.05) is 0 Å². The number of aliphatic hydroxyl groups is 1. The van der Waals surface area contributed by atoms with Crippen LogP contribution in [0, 0.1) is 29.1 Å². The zero-order valence-electron chi connectivity index (χ0n) is 19.5. The second-order valence-electron chi connectivity index (χ2n) is 10.0. The quantitative estimate of drug-likeness (QED) is 0.618. The summed E-state index contributed by atoms with van der Waals surface area (Å²) in [6.07, 6.45) is 9.03. The molecule has 0 radical (unpaired) electrons. The standard InChI is InChI=1S/C25H34N4O4/c1-15(23(31)28-13-17-5-4-12-33-17)18-6-8-25(3)9-7-19(16(2)21(25)22(18)30)29-24(32)20-14-26-10-11-27-20/h4-5,10-12,14-16,18-19,21-22,30H,6-9,13H2,1-3H3,(H,28,31)(H,29,32)/t15-,16+,18+,19-,21+,22-,25-/m0/s1. The van der Waals surface area contributed by atoms with E-state index in [1.165, 1.54) is 18.6 Å². The summed E-state index contributed by atoms with van der Waals surface area (Å²) in [5, 5.41) is 17.6. The van der Waals surface area contributed by atoms with Crippen LogP contribution in [0.2, 0.25) is 0 Å². The molecule has 2 saturated carbocycles. The van der Waals surface area contributed by atoms with Gasteiger partial charge in [-0.25, -0.2) is 4.98 Å². The highest BCUT2D eigenvalue weighted by atomic mass is 16.3. The Hall–Kier alpha value is -2.74. The number of aliphatic hydroxyl groups excluding tert-OH is 1.